The maximum absolute atomic E-state index is 5.18. The predicted molar refractivity (Wildman–Crippen MR) is 75.6 cm³/mol. The van der Waals surface area contributed by atoms with Gasteiger partial charge in [0.15, 0.2) is 0 Å². The quantitative estimate of drug-likeness (QED) is 0.683. The summed E-state index contributed by atoms with van der Waals surface area (Å²) in [4.78, 5) is 1.27. The first kappa shape index (κ1) is 11.1. The van der Waals surface area contributed by atoms with Gasteiger partial charge in [-0.3, -0.25) is 0 Å². The van der Waals surface area contributed by atoms with Crippen molar-refractivity contribution in [3.05, 3.63) is 60.1 Å². The molecule has 0 aliphatic rings. The summed E-state index contributed by atoms with van der Waals surface area (Å²) in [5.41, 5.74) is 2.36. The minimum atomic E-state index is 0.878. The van der Waals surface area contributed by atoms with E-state index in [2.05, 4.69) is 52.5 Å². The Balaban J connectivity index is 2.04. The summed E-state index contributed by atoms with van der Waals surface area (Å²) < 4.78 is 7.37. The van der Waals surface area contributed by atoms with Crippen molar-refractivity contribution < 1.29 is 4.74 Å². The van der Waals surface area contributed by atoms with Crippen molar-refractivity contribution in [2.24, 2.45) is 0 Å². The third-order valence-corrected chi connectivity index (χ3v) is 3.77. The van der Waals surface area contributed by atoms with Crippen LogP contribution in [0, 0.1) is 0 Å². The van der Waals surface area contributed by atoms with E-state index in [-0.39, 0.29) is 0 Å². The molecule has 2 heterocycles. The lowest BCUT2D eigenvalue weighted by Gasteiger charge is -2.08. The molecule has 3 rings (SSSR count). The fraction of sp³-hybridized carbons (Fsp3) is 0.0667. The Hall–Kier alpha value is -2.00. The van der Waals surface area contributed by atoms with Crippen LogP contribution in [0.5, 0.6) is 5.75 Å². The molecule has 18 heavy (non-hydrogen) atoms. The standard InChI is InChI=1S/C15H13NOS/c1-17-13-8-6-12(7-9-13)16-10-2-4-14(16)15-5-3-11-18-15/h2-11H,1H3. The molecule has 0 fully saturated rings. The first-order chi connectivity index (χ1) is 8.88. The third kappa shape index (κ3) is 1.93. The summed E-state index contributed by atoms with van der Waals surface area (Å²) in [6, 6.07) is 16.5. The number of methoxy groups -OCH3 is 1. The first-order valence-electron chi connectivity index (χ1n) is 5.74. The molecule has 0 N–H and O–H groups in total. The van der Waals surface area contributed by atoms with Crippen LogP contribution in [-0.2, 0) is 0 Å². The highest BCUT2D eigenvalue weighted by Gasteiger charge is 2.06. The molecule has 1 aromatic carbocycles. The van der Waals surface area contributed by atoms with Crippen LogP contribution in [0.4, 0.5) is 0 Å². The topological polar surface area (TPSA) is 14.2 Å². The summed E-state index contributed by atoms with van der Waals surface area (Å²) in [5, 5.41) is 2.10. The summed E-state index contributed by atoms with van der Waals surface area (Å²) in [5.74, 6) is 0.878. The van der Waals surface area contributed by atoms with Gasteiger partial charge in [0, 0.05) is 11.9 Å². The zero-order valence-corrected chi connectivity index (χ0v) is 10.9. The molecule has 2 nitrogen and oxygen atoms in total. The van der Waals surface area contributed by atoms with Crippen LogP contribution in [0.1, 0.15) is 0 Å². The maximum atomic E-state index is 5.18. The Morgan fingerprint density at radius 1 is 1.00 bits per heavy atom. The largest absolute Gasteiger partial charge is 0.497 e. The van der Waals surface area contributed by atoms with E-state index >= 15 is 0 Å². The minimum absolute atomic E-state index is 0.878. The second-order valence-corrected chi connectivity index (χ2v) is 4.89. The van der Waals surface area contributed by atoms with E-state index in [0.717, 1.165) is 11.4 Å². The molecule has 0 aliphatic heterocycles. The minimum Gasteiger partial charge on any atom is -0.497 e. The van der Waals surface area contributed by atoms with E-state index in [0.29, 0.717) is 0 Å². The van der Waals surface area contributed by atoms with Crippen molar-refractivity contribution in [3.63, 3.8) is 0 Å². The van der Waals surface area contributed by atoms with Crippen LogP contribution >= 0.6 is 11.3 Å². The summed E-state index contributed by atoms with van der Waals surface area (Å²) in [7, 11) is 1.68. The van der Waals surface area contributed by atoms with Crippen LogP contribution < -0.4 is 4.74 Å². The zero-order chi connectivity index (χ0) is 12.4. The van der Waals surface area contributed by atoms with Gasteiger partial charge in [-0.2, -0.15) is 0 Å². The fourth-order valence-electron chi connectivity index (χ4n) is 1.97. The maximum Gasteiger partial charge on any atom is 0.119 e. The number of nitrogens with zero attached hydrogens (tertiary/aromatic N) is 1. The van der Waals surface area contributed by atoms with Crippen LogP contribution in [-0.4, -0.2) is 11.7 Å². The van der Waals surface area contributed by atoms with Crippen molar-refractivity contribution in [3.8, 4) is 22.0 Å². The Labute approximate surface area is 110 Å². The average molecular weight is 255 g/mol. The number of rotatable bonds is 3. The van der Waals surface area contributed by atoms with Crippen molar-refractivity contribution in [1.82, 2.24) is 4.57 Å². The van der Waals surface area contributed by atoms with Gasteiger partial charge in [-0.1, -0.05) is 6.07 Å². The third-order valence-electron chi connectivity index (χ3n) is 2.87. The van der Waals surface area contributed by atoms with Crippen LogP contribution in [0.3, 0.4) is 0 Å². The number of thiophene rings is 1. The highest BCUT2D eigenvalue weighted by molar-refractivity contribution is 7.13. The SMILES string of the molecule is COc1ccc(-n2cccc2-c2cccs2)cc1. The molecule has 3 aromatic rings. The molecular weight excluding hydrogens is 242 g/mol. The summed E-state index contributed by atoms with van der Waals surface area (Å²) in [6.07, 6.45) is 2.08. The lowest BCUT2D eigenvalue weighted by molar-refractivity contribution is 0.415. The molecule has 0 saturated heterocycles. The summed E-state index contributed by atoms with van der Waals surface area (Å²) >= 11 is 1.75. The van der Waals surface area contributed by atoms with Crippen molar-refractivity contribution in [2.45, 2.75) is 0 Å². The normalized spacial score (nSPS) is 10.5. The smallest absolute Gasteiger partial charge is 0.119 e. The molecule has 0 radical (unpaired) electrons. The van der Waals surface area contributed by atoms with Gasteiger partial charge in [-0.25, -0.2) is 0 Å². The van der Waals surface area contributed by atoms with E-state index in [4.69, 9.17) is 4.74 Å². The highest BCUT2D eigenvalue weighted by Crippen LogP contribution is 2.28. The Kier molecular flexibility index (Phi) is 2.90. The van der Waals surface area contributed by atoms with E-state index < -0.39 is 0 Å². The average Bonchev–Trinajstić information content (AvgIpc) is 3.09. The Morgan fingerprint density at radius 2 is 1.83 bits per heavy atom. The second-order valence-electron chi connectivity index (χ2n) is 3.94. The second kappa shape index (κ2) is 4.70. The fourth-order valence-corrected chi connectivity index (χ4v) is 2.72. The lowest BCUT2D eigenvalue weighted by atomic mass is 10.3. The number of hydrogen-bond acceptors (Lipinski definition) is 2. The van der Waals surface area contributed by atoms with Crippen molar-refractivity contribution >= 4 is 11.3 Å². The Morgan fingerprint density at radius 3 is 2.50 bits per heavy atom. The number of ether oxygens (including phenoxy) is 1. The molecule has 0 unspecified atom stereocenters. The van der Waals surface area contributed by atoms with Crippen LogP contribution in [0.2, 0.25) is 0 Å². The van der Waals surface area contributed by atoms with Crippen molar-refractivity contribution in [1.29, 1.82) is 0 Å². The molecule has 0 amide bonds. The van der Waals surface area contributed by atoms with E-state index in [1.54, 1.807) is 18.4 Å². The molecule has 0 aliphatic carbocycles. The number of aromatic nitrogens is 1. The van der Waals surface area contributed by atoms with Gasteiger partial charge in [0.1, 0.15) is 5.75 Å². The summed E-state index contributed by atoms with van der Waals surface area (Å²) in [6.45, 7) is 0. The van der Waals surface area contributed by atoms with Gasteiger partial charge in [0.05, 0.1) is 17.7 Å². The van der Waals surface area contributed by atoms with Gasteiger partial charge < -0.3 is 9.30 Å². The van der Waals surface area contributed by atoms with E-state index in [1.807, 2.05) is 12.1 Å². The number of benzene rings is 1. The zero-order valence-electron chi connectivity index (χ0n) is 10.0. The van der Waals surface area contributed by atoms with Crippen LogP contribution in [0.25, 0.3) is 16.3 Å². The molecular formula is C15H13NOS. The first-order valence-corrected chi connectivity index (χ1v) is 6.62. The van der Waals surface area contributed by atoms with Gasteiger partial charge in [-0.05, 0) is 47.8 Å². The van der Waals surface area contributed by atoms with Gasteiger partial charge >= 0.3 is 0 Å². The highest BCUT2D eigenvalue weighted by atomic mass is 32.1. The monoisotopic (exact) mass is 255 g/mol. The molecule has 0 spiro atoms. The number of hydrogen-bond donors (Lipinski definition) is 0. The van der Waals surface area contributed by atoms with Gasteiger partial charge in [0.2, 0.25) is 0 Å². The van der Waals surface area contributed by atoms with E-state index in [1.165, 1.54) is 10.6 Å². The van der Waals surface area contributed by atoms with Crippen molar-refractivity contribution in [2.75, 3.05) is 7.11 Å². The van der Waals surface area contributed by atoms with Gasteiger partial charge in [0.25, 0.3) is 0 Å². The predicted octanol–water partition coefficient (Wildman–Crippen LogP) is 4.21. The molecule has 0 atom stereocenters. The van der Waals surface area contributed by atoms with Crippen LogP contribution in [0.15, 0.2) is 60.1 Å². The molecule has 3 heteroatoms. The molecule has 0 bridgehead atoms. The molecule has 90 valence electrons. The molecule has 0 saturated carbocycles. The Bertz CT molecular complexity index is 623. The van der Waals surface area contributed by atoms with Gasteiger partial charge in [-0.15, -0.1) is 11.3 Å². The molecule has 2 aromatic heterocycles. The lowest BCUT2D eigenvalue weighted by Crippen LogP contribution is -1.94. The van der Waals surface area contributed by atoms with E-state index in [9.17, 15) is 0 Å².